The fourth-order valence-electron chi connectivity index (χ4n) is 2.39. The first-order valence-electron chi connectivity index (χ1n) is 6.76. The van der Waals surface area contributed by atoms with Crippen LogP contribution in [-0.4, -0.2) is 0 Å². The standard InChI is InChI=1S/C18H8Cl6/c19-11-5-13(17(23)15(21)7-11)9-2-1-3-10(4-9)14-6-12(20)8-16(22)18(14)24/h1-8H. The van der Waals surface area contributed by atoms with Crippen molar-refractivity contribution in [1.29, 1.82) is 0 Å². The Morgan fingerprint density at radius 2 is 0.917 bits per heavy atom. The van der Waals surface area contributed by atoms with Crippen LogP contribution in [0.4, 0.5) is 0 Å². The molecule has 0 aliphatic rings. The number of rotatable bonds is 2. The van der Waals surface area contributed by atoms with Crippen molar-refractivity contribution in [3.63, 3.8) is 0 Å². The highest BCUT2D eigenvalue weighted by Gasteiger charge is 2.13. The Morgan fingerprint density at radius 3 is 1.33 bits per heavy atom. The van der Waals surface area contributed by atoms with E-state index in [0.29, 0.717) is 30.1 Å². The molecule has 0 aromatic heterocycles. The van der Waals surface area contributed by atoms with Gasteiger partial charge in [-0.05, 0) is 41.5 Å². The second kappa shape index (κ2) is 7.33. The highest BCUT2D eigenvalue weighted by molar-refractivity contribution is 6.45. The van der Waals surface area contributed by atoms with E-state index in [-0.39, 0.29) is 0 Å². The number of benzene rings is 3. The molecule has 0 nitrogen and oxygen atoms in total. The van der Waals surface area contributed by atoms with Crippen LogP contribution in [0, 0.1) is 0 Å². The van der Waals surface area contributed by atoms with Gasteiger partial charge in [0.25, 0.3) is 0 Å². The Morgan fingerprint density at radius 1 is 0.500 bits per heavy atom. The minimum absolute atomic E-state index is 0.397. The van der Waals surface area contributed by atoms with E-state index in [2.05, 4.69) is 0 Å². The van der Waals surface area contributed by atoms with Crippen molar-refractivity contribution in [2.75, 3.05) is 0 Å². The second-order valence-corrected chi connectivity index (χ2v) is 7.52. The largest absolute Gasteiger partial charge is 0.0843 e. The van der Waals surface area contributed by atoms with E-state index in [9.17, 15) is 0 Å². The SMILES string of the molecule is Clc1cc(Cl)c(Cl)c(-c2cccc(-c3cc(Cl)cc(Cl)c3Cl)c2)c1. The van der Waals surface area contributed by atoms with Gasteiger partial charge in [-0.15, -0.1) is 0 Å². The summed E-state index contributed by atoms with van der Waals surface area (Å²) in [6, 6.07) is 14.4. The maximum atomic E-state index is 6.32. The Kier molecular flexibility index (Phi) is 5.56. The van der Waals surface area contributed by atoms with Crippen LogP contribution in [0.1, 0.15) is 0 Å². The molecule has 0 bridgehead atoms. The third-order valence-electron chi connectivity index (χ3n) is 3.47. The maximum Gasteiger partial charge on any atom is 0.0671 e. The van der Waals surface area contributed by atoms with Crippen LogP contribution >= 0.6 is 69.6 Å². The summed E-state index contributed by atoms with van der Waals surface area (Å²) in [7, 11) is 0. The highest BCUT2D eigenvalue weighted by Crippen LogP contribution is 2.40. The third-order valence-corrected chi connectivity index (χ3v) is 5.51. The fraction of sp³-hybridized carbons (Fsp3) is 0. The molecule has 0 unspecified atom stereocenters. The Labute approximate surface area is 169 Å². The lowest BCUT2D eigenvalue weighted by Crippen LogP contribution is -1.86. The van der Waals surface area contributed by atoms with E-state index >= 15 is 0 Å². The van der Waals surface area contributed by atoms with Crippen LogP contribution in [0.5, 0.6) is 0 Å². The molecule has 3 aromatic rings. The zero-order valence-electron chi connectivity index (χ0n) is 11.9. The van der Waals surface area contributed by atoms with Crippen LogP contribution in [0.2, 0.25) is 30.1 Å². The summed E-state index contributed by atoms with van der Waals surface area (Å²) in [5.41, 5.74) is 3.18. The van der Waals surface area contributed by atoms with Crippen LogP contribution in [0.25, 0.3) is 22.3 Å². The molecule has 0 N–H and O–H groups in total. The summed E-state index contributed by atoms with van der Waals surface area (Å²) < 4.78 is 0. The quantitative estimate of drug-likeness (QED) is 0.351. The monoisotopic (exact) mass is 434 g/mol. The molecule has 6 heteroatoms. The van der Waals surface area contributed by atoms with Gasteiger partial charge in [-0.1, -0.05) is 87.8 Å². The van der Waals surface area contributed by atoms with Gasteiger partial charge in [-0.2, -0.15) is 0 Å². The van der Waals surface area contributed by atoms with Gasteiger partial charge in [-0.25, -0.2) is 0 Å². The van der Waals surface area contributed by atoms with Gasteiger partial charge in [0.05, 0.1) is 20.1 Å². The van der Waals surface area contributed by atoms with E-state index in [0.717, 1.165) is 22.3 Å². The van der Waals surface area contributed by atoms with Crippen LogP contribution < -0.4 is 0 Å². The van der Waals surface area contributed by atoms with E-state index in [4.69, 9.17) is 69.6 Å². The van der Waals surface area contributed by atoms with Crippen molar-refractivity contribution in [1.82, 2.24) is 0 Å². The smallest absolute Gasteiger partial charge is 0.0671 e. The third kappa shape index (κ3) is 3.65. The summed E-state index contributed by atoms with van der Waals surface area (Å²) in [6.45, 7) is 0. The lowest BCUT2D eigenvalue weighted by atomic mass is 9.99. The molecule has 0 atom stereocenters. The Balaban J connectivity index is 2.18. The Bertz CT molecular complexity index is 860. The highest BCUT2D eigenvalue weighted by atomic mass is 35.5. The molecule has 3 rings (SSSR count). The van der Waals surface area contributed by atoms with Gasteiger partial charge >= 0.3 is 0 Å². The molecular weight excluding hydrogens is 429 g/mol. The fourth-order valence-corrected chi connectivity index (χ4v) is 3.81. The van der Waals surface area contributed by atoms with E-state index in [1.165, 1.54) is 0 Å². The number of halogens is 6. The van der Waals surface area contributed by atoms with Gasteiger partial charge < -0.3 is 0 Å². The maximum absolute atomic E-state index is 6.32. The van der Waals surface area contributed by atoms with E-state index < -0.39 is 0 Å². The first-order valence-corrected chi connectivity index (χ1v) is 9.03. The van der Waals surface area contributed by atoms with Crippen molar-refractivity contribution in [2.24, 2.45) is 0 Å². The van der Waals surface area contributed by atoms with Crippen LogP contribution in [0.15, 0.2) is 48.5 Å². The van der Waals surface area contributed by atoms with Crippen molar-refractivity contribution in [3.8, 4) is 22.3 Å². The average Bonchev–Trinajstić information content (AvgIpc) is 2.54. The predicted octanol–water partition coefficient (Wildman–Crippen LogP) is 8.94. The molecule has 0 saturated heterocycles. The van der Waals surface area contributed by atoms with Crippen molar-refractivity contribution in [3.05, 3.63) is 78.7 Å². The molecule has 0 amide bonds. The predicted molar refractivity (Wildman–Crippen MR) is 107 cm³/mol. The van der Waals surface area contributed by atoms with Crippen molar-refractivity contribution in [2.45, 2.75) is 0 Å². The van der Waals surface area contributed by atoms with Crippen LogP contribution in [-0.2, 0) is 0 Å². The van der Waals surface area contributed by atoms with Crippen molar-refractivity contribution < 1.29 is 0 Å². The molecule has 0 spiro atoms. The molecule has 0 radical (unpaired) electrons. The number of hydrogen-bond donors (Lipinski definition) is 0. The first kappa shape index (κ1) is 18.2. The van der Waals surface area contributed by atoms with Gasteiger partial charge in [0.2, 0.25) is 0 Å². The zero-order chi connectivity index (χ0) is 17.4. The van der Waals surface area contributed by atoms with E-state index in [1.807, 2.05) is 24.3 Å². The summed E-state index contributed by atoms with van der Waals surface area (Å²) in [5, 5.41) is 2.69. The van der Waals surface area contributed by atoms with Gasteiger partial charge in [0, 0.05) is 21.2 Å². The summed E-state index contributed by atoms with van der Waals surface area (Å²) in [5.74, 6) is 0. The second-order valence-electron chi connectivity index (χ2n) is 5.08. The first-order chi connectivity index (χ1) is 11.4. The van der Waals surface area contributed by atoms with Crippen LogP contribution in [0.3, 0.4) is 0 Å². The Hall–Kier alpha value is -0.600. The normalized spacial score (nSPS) is 10.9. The molecule has 0 heterocycles. The van der Waals surface area contributed by atoms with Crippen molar-refractivity contribution >= 4 is 69.6 Å². The zero-order valence-corrected chi connectivity index (χ0v) is 16.4. The van der Waals surface area contributed by atoms with E-state index in [1.54, 1.807) is 24.3 Å². The molecule has 0 aliphatic heterocycles. The molecule has 24 heavy (non-hydrogen) atoms. The summed E-state index contributed by atoms with van der Waals surface area (Å²) in [4.78, 5) is 0. The summed E-state index contributed by atoms with van der Waals surface area (Å²) >= 11 is 37.1. The lowest BCUT2D eigenvalue weighted by Gasteiger charge is -2.11. The summed E-state index contributed by atoms with van der Waals surface area (Å²) in [6.07, 6.45) is 0. The average molecular weight is 437 g/mol. The molecule has 0 fully saturated rings. The molecular formula is C18H8Cl6. The minimum atomic E-state index is 0.397. The molecule has 0 saturated carbocycles. The van der Waals surface area contributed by atoms with Gasteiger partial charge in [0.1, 0.15) is 0 Å². The van der Waals surface area contributed by atoms with Gasteiger partial charge in [0.15, 0.2) is 0 Å². The molecule has 0 aliphatic carbocycles. The minimum Gasteiger partial charge on any atom is -0.0843 e. The molecule has 122 valence electrons. The number of hydrogen-bond acceptors (Lipinski definition) is 0. The van der Waals surface area contributed by atoms with Gasteiger partial charge in [-0.3, -0.25) is 0 Å². The lowest BCUT2D eigenvalue weighted by molar-refractivity contribution is 1.58. The topological polar surface area (TPSA) is 0 Å². The molecule has 3 aromatic carbocycles.